The number of ether oxygens (including phenoxy) is 2. The van der Waals surface area contributed by atoms with Crippen molar-refractivity contribution in [3.8, 4) is 11.5 Å². The number of nitrogens with zero attached hydrogens (tertiary/aromatic N) is 1. The molecule has 2 fully saturated rings. The van der Waals surface area contributed by atoms with Crippen LogP contribution in [0.4, 0.5) is 0 Å². The Balaban J connectivity index is 1.91. The predicted molar refractivity (Wildman–Crippen MR) is 119 cm³/mol. The Hall–Kier alpha value is -2.93. The lowest BCUT2D eigenvalue weighted by molar-refractivity contribution is -0.142. The SMILES string of the molecule is COc1cc(OC)c(/C(O)=C2\C(=O)C(=O)N(C3CCCCC3)C2c2ccc(C)o2)cc1Cl. The molecule has 0 radical (unpaired) electrons. The third kappa shape index (κ3) is 3.75. The lowest BCUT2D eigenvalue weighted by Gasteiger charge is -2.34. The molecule has 4 rings (SSSR count). The summed E-state index contributed by atoms with van der Waals surface area (Å²) in [6.45, 7) is 1.79. The molecular formula is C24H26ClNO6. The molecule has 170 valence electrons. The van der Waals surface area contributed by atoms with Gasteiger partial charge in [-0.2, -0.15) is 0 Å². The van der Waals surface area contributed by atoms with E-state index >= 15 is 0 Å². The average Bonchev–Trinajstić information content (AvgIpc) is 3.34. The molecule has 1 atom stereocenters. The number of ketones is 1. The number of hydrogen-bond donors (Lipinski definition) is 1. The topological polar surface area (TPSA) is 89.2 Å². The van der Waals surface area contributed by atoms with Gasteiger partial charge in [0.25, 0.3) is 11.7 Å². The van der Waals surface area contributed by atoms with Gasteiger partial charge in [0.2, 0.25) is 0 Å². The van der Waals surface area contributed by atoms with Crippen LogP contribution in [-0.4, -0.2) is 42.0 Å². The smallest absolute Gasteiger partial charge is 0.296 e. The van der Waals surface area contributed by atoms with E-state index in [2.05, 4.69) is 0 Å². The Labute approximate surface area is 191 Å². The molecule has 2 heterocycles. The summed E-state index contributed by atoms with van der Waals surface area (Å²) in [6, 6.07) is 5.60. The molecule has 1 amide bonds. The number of rotatable bonds is 5. The summed E-state index contributed by atoms with van der Waals surface area (Å²) < 4.78 is 16.5. The second kappa shape index (κ2) is 8.90. The molecule has 0 spiro atoms. The number of furan rings is 1. The van der Waals surface area contributed by atoms with Gasteiger partial charge in [0, 0.05) is 12.1 Å². The summed E-state index contributed by atoms with van der Waals surface area (Å²) in [6.07, 6.45) is 4.69. The molecule has 7 nitrogen and oxygen atoms in total. The number of aryl methyl sites for hydroxylation is 1. The van der Waals surface area contributed by atoms with Crippen LogP contribution >= 0.6 is 11.6 Å². The van der Waals surface area contributed by atoms with Gasteiger partial charge < -0.3 is 23.9 Å². The van der Waals surface area contributed by atoms with Crippen LogP contribution in [0.2, 0.25) is 5.02 Å². The van der Waals surface area contributed by atoms with Crippen molar-refractivity contribution < 1.29 is 28.6 Å². The van der Waals surface area contributed by atoms with E-state index in [0.29, 0.717) is 17.3 Å². The second-order valence-electron chi connectivity index (χ2n) is 8.13. The minimum atomic E-state index is -0.822. The number of hydrogen-bond acceptors (Lipinski definition) is 6. The zero-order chi connectivity index (χ0) is 23.0. The largest absolute Gasteiger partial charge is 0.507 e. The molecule has 1 aromatic heterocycles. The fraction of sp³-hybridized carbons (Fsp3) is 0.417. The van der Waals surface area contributed by atoms with Gasteiger partial charge in [0.15, 0.2) is 0 Å². The third-order valence-corrected chi connectivity index (χ3v) is 6.50. The first-order valence-corrected chi connectivity index (χ1v) is 11.0. The molecule has 1 unspecified atom stereocenters. The van der Waals surface area contributed by atoms with E-state index in [4.69, 9.17) is 25.5 Å². The van der Waals surface area contributed by atoms with Gasteiger partial charge >= 0.3 is 0 Å². The number of likely N-dealkylation sites (tertiary alicyclic amines) is 1. The summed E-state index contributed by atoms with van der Waals surface area (Å²) >= 11 is 6.29. The predicted octanol–water partition coefficient (Wildman–Crippen LogP) is 5.01. The average molecular weight is 460 g/mol. The molecule has 8 heteroatoms. The maximum Gasteiger partial charge on any atom is 0.296 e. The third-order valence-electron chi connectivity index (χ3n) is 6.21. The number of aliphatic hydroxyl groups excluding tert-OH is 1. The van der Waals surface area contributed by atoms with Gasteiger partial charge in [-0.1, -0.05) is 30.9 Å². The van der Waals surface area contributed by atoms with E-state index in [-0.39, 0.29) is 33.7 Å². The number of Topliss-reactive ketones (excluding diaryl/α,β-unsaturated/α-hetero) is 1. The second-order valence-corrected chi connectivity index (χ2v) is 8.54. The van der Waals surface area contributed by atoms with Crippen molar-refractivity contribution >= 4 is 29.1 Å². The molecule has 0 bridgehead atoms. The maximum absolute atomic E-state index is 13.2. The van der Waals surface area contributed by atoms with E-state index in [9.17, 15) is 14.7 Å². The first-order chi connectivity index (χ1) is 15.4. The number of methoxy groups -OCH3 is 2. The zero-order valence-corrected chi connectivity index (χ0v) is 19.1. The first kappa shape index (κ1) is 22.3. The minimum Gasteiger partial charge on any atom is -0.507 e. The summed E-state index contributed by atoms with van der Waals surface area (Å²) in [7, 11) is 2.91. The molecule has 32 heavy (non-hydrogen) atoms. The number of benzene rings is 1. The number of halogens is 1. The van der Waals surface area contributed by atoms with Crippen LogP contribution in [0.5, 0.6) is 11.5 Å². The summed E-state index contributed by atoms with van der Waals surface area (Å²) in [4.78, 5) is 28.0. The van der Waals surface area contributed by atoms with Crippen molar-refractivity contribution in [3.63, 3.8) is 0 Å². The first-order valence-electron chi connectivity index (χ1n) is 10.7. The summed E-state index contributed by atoms with van der Waals surface area (Å²) in [5, 5.41) is 11.6. The number of carbonyl (C=O) groups excluding carboxylic acids is 2. The molecule has 1 saturated heterocycles. The number of aliphatic hydroxyl groups is 1. The van der Waals surface area contributed by atoms with Crippen LogP contribution in [0.25, 0.3) is 5.76 Å². The Morgan fingerprint density at radius 1 is 1.09 bits per heavy atom. The van der Waals surface area contributed by atoms with Crippen LogP contribution in [-0.2, 0) is 9.59 Å². The standard InChI is InChI=1S/C24H26ClNO6/c1-13-9-10-17(32-13)21-20(23(28)24(29)26(21)14-7-5-4-6-8-14)22(27)15-11-16(25)19(31-3)12-18(15)30-2/h9-12,14,21,27H,4-8H2,1-3H3/b22-20+. The molecule has 1 N–H and O–H groups in total. The Kier molecular flexibility index (Phi) is 6.20. The Morgan fingerprint density at radius 2 is 1.78 bits per heavy atom. The fourth-order valence-electron chi connectivity index (χ4n) is 4.66. The van der Waals surface area contributed by atoms with Crippen molar-refractivity contribution in [2.45, 2.75) is 51.1 Å². The molecule has 1 aliphatic heterocycles. The normalized spacial score (nSPS) is 21.2. The maximum atomic E-state index is 13.2. The fourth-order valence-corrected chi connectivity index (χ4v) is 4.90. The van der Waals surface area contributed by atoms with Crippen molar-refractivity contribution in [1.82, 2.24) is 4.90 Å². The minimum absolute atomic E-state index is 0.0329. The molecule has 1 saturated carbocycles. The monoisotopic (exact) mass is 459 g/mol. The van der Waals surface area contributed by atoms with Gasteiger partial charge in [-0.15, -0.1) is 0 Å². The van der Waals surface area contributed by atoms with E-state index in [1.165, 1.54) is 26.4 Å². The molecule has 2 aromatic rings. The van der Waals surface area contributed by atoms with Crippen molar-refractivity contribution in [2.75, 3.05) is 14.2 Å². The van der Waals surface area contributed by atoms with E-state index in [0.717, 1.165) is 32.1 Å². The highest BCUT2D eigenvalue weighted by atomic mass is 35.5. The number of amides is 1. The molecule has 1 aliphatic carbocycles. The Bertz CT molecular complexity index is 1080. The van der Waals surface area contributed by atoms with Crippen LogP contribution in [0, 0.1) is 6.92 Å². The summed E-state index contributed by atoms with van der Waals surface area (Å²) in [5.74, 6) is -0.0195. The van der Waals surface area contributed by atoms with E-state index < -0.39 is 17.7 Å². The van der Waals surface area contributed by atoms with Crippen LogP contribution < -0.4 is 9.47 Å². The van der Waals surface area contributed by atoms with Gasteiger partial charge in [-0.05, 0) is 38.0 Å². The lowest BCUT2D eigenvalue weighted by atomic mass is 9.92. The quantitative estimate of drug-likeness (QED) is 0.384. The van der Waals surface area contributed by atoms with Crippen LogP contribution in [0.15, 0.2) is 34.3 Å². The van der Waals surface area contributed by atoms with Crippen LogP contribution in [0.3, 0.4) is 0 Å². The van der Waals surface area contributed by atoms with Crippen LogP contribution in [0.1, 0.15) is 55.2 Å². The molecule has 1 aromatic carbocycles. The highest BCUT2D eigenvalue weighted by Gasteiger charge is 2.50. The van der Waals surface area contributed by atoms with E-state index in [1.54, 1.807) is 24.0 Å². The molecule has 2 aliphatic rings. The van der Waals surface area contributed by atoms with Gasteiger partial charge in [-0.3, -0.25) is 9.59 Å². The van der Waals surface area contributed by atoms with Crippen molar-refractivity contribution in [2.24, 2.45) is 0 Å². The van der Waals surface area contributed by atoms with Crippen molar-refractivity contribution in [3.05, 3.63) is 51.9 Å². The Morgan fingerprint density at radius 3 is 2.38 bits per heavy atom. The van der Waals surface area contributed by atoms with Crippen molar-refractivity contribution in [1.29, 1.82) is 0 Å². The van der Waals surface area contributed by atoms with Gasteiger partial charge in [0.1, 0.15) is 34.8 Å². The van der Waals surface area contributed by atoms with E-state index in [1.807, 2.05) is 0 Å². The summed E-state index contributed by atoms with van der Waals surface area (Å²) in [5.41, 5.74) is 0.169. The number of carbonyl (C=O) groups is 2. The molecular weight excluding hydrogens is 434 g/mol. The van der Waals surface area contributed by atoms with Gasteiger partial charge in [-0.25, -0.2) is 0 Å². The lowest BCUT2D eigenvalue weighted by Crippen LogP contribution is -2.40. The zero-order valence-electron chi connectivity index (χ0n) is 18.3. The highest BCUT2D eigenvalue weighted by molar-refractivity contribution is 6.46. The highest BCUT2D eigenvalue weighted by Crippen LogP contribution is 2.45. The van der Waals surface area contributed by atoms with Gasteiger partial charge in [0.05, 0.1) is 30.4 Å².